The van der Waals surface area contributed by atoms with E-state index in [0.29, 0.717) is 6.54 Å². The van der Waals surface area contributed by atoms with Crippen molar-refractivity contribution in [2.45, 2.75) is 26.8 Å². The molecular formula is C17H20BrNO3. The fourth-order valence-electron chi connectivity index (χ4n) is 2.74. The first-order chi connectivity index (χ1) is 10.3. The Morgan fingerprint density at radius 3 is 2.64 bits per heavy atom. The Morgan fingerprint density at radius 1 is 1.41 bits per heavy atom. The van der Waals surface area contributed by atoms with Crippen molar-refractivity contribution in [2.75, 3.05) is 7.11 Å². The molecule has 0 bridgehead atoms. The molecule has 0 spiro atoms. The third-order valence-corrected chi connectivity index (χ3v) is 5.16. The number of halogens is 1. The number of nitrogens with zero attached hydrogens (tertiary/aromatic N) is 1. The van der Waals surface area contributed by atoms with Gasteiger partial charge in [-0.25, -0.2) is 0 Å². The normalized spacial score (nSPS) is 20.4. The molecule has 1 heterocycles. The molecule has 4 nitrogen and oxygen atoms in total. The lowest BCUT2D eigenvalue weighted by molar-refractivity contribution is -0.145. The van der Waals surface area contributed by atoms with Crippen LogP contribution in [0.5, 0.6) is 0 Å². The standard InChI is InChI=1S/C17H20BrNO3/c1-11-17(2,3)13(9-15(20)22-4)16(21)19(11)10-12-7-5-6-8-14(12)18/h5-8,13H,1,9-10H2,2-4H3. The number of carbonyl (C=O) groups excluding carboxylic acids is 2. The van der Waals surface area contributed by atoms with Gasteiger partial charge in [0.05, 0.1) is 26.0 Å². The molecule has 1 amide bonds. The molecular weight excluding hydrogens is 346 g/mol. The first-order valence-electron chi connectivity index (χ1n) is 7.10. The monoisotopic (exact) mass is 365 g/mol. The van der Waals surface area contributed by atoms with Crippen molar-refractivity contribution in [3.05, 3.63) is 46.6 Å². The van der Waals surface area contributed by atoms with Crippen LogP contribution in [-0.4, -0.2) is 23.9 Å². The Morgan fingerprint density at radius 2 is 2.05 bits per heavy atom. The van der Waals surface area contributed by atoms with Crippen LogP contribution in [0.25, 0.3) is 0 Å². The van der Waals surface area contributed by atoms with E-state index >= 15 is 0 Å². The summed E-state index contributed by atoms with van der Waals surface area (Å²) in [4.78, 5) is 26.0. The number of likely N-dealkylation sites (tertiary alicyclic amines) is 1. The van der Waals surface area contributed by atoms with E-state index in [1.165, 1.54) is 7.11 Å². The lowest BCUT2D eigenvalue weighted by Gasteiger charge is -2.25. The highest BCUT2D eigenvalue weighted by atomic mass is 79.9. The van der Waals surface area contributed by atoms with E-state index in [-0.39, 0.29) is 18.3 Å². The lowest BCUT2D eigenvalue weighted by atomic mass is 9.78. The van der Waals surface area contributed by atoms with Crippen LogP contribution in [0.4, 0.5) is 0 Å². The molecule has 22 heavy (non-hydrogen) atoms. The number of benzene rings is 1. The minimum absolute atomic E-state index is 0.0730. The summed E-state index contributed by atoms with van der Waals surface area (Å²) in [5.41, 5.74) is 1.28. The van der Waals surface area contributed by atoms with Gasteiger partial charge in [0.25, 0.3) is 0 Å². The van der Waals surface area contributed by atoms with Gasteiger partial charge in [0, 0.05) is 15.6 Å². The third kappa shape index (κ3) is 2.95. The summed E-state index contributed by atoms with van der Waals surface area (Å²) in [7, 11) is 1.34. The SMILES string of the molecule is C=C1N(Cc2ccccc2Br)C(=O)C(CC(=O)OC)C1(C)C. The number of hydrogen-bond donors (Lipinski definition) is 0. The van der Waals surface area contributed by atoms with Gasteiger partial charge in [-0.3, -0.25) is 9.59 Å². The number of allylic oxidation sites excluding steroid dienone is 1. The van der Waals surface area contributed by atoms with Gasteiger partial charge in [0.2, 0.25) is 5.91 Å². The minimum Gasteiger partial charge on any atom is -0.469 e. The highest BCUT2D eigenvalue weighted by Gasteiger charge is 2.50. The average molecular weight is 366 g/mol. The molecule has 1 aliphatic heterocycles. The van der Waals surface area contributed by atoms with E-state index in [9.17, 15) is 9.59 Å². The first kappa shape index (κ1) is 16.7. The second kappa shape index (κ2) is 6.24. The zero-order chi connectivity index (χ0) is 16.5. The Hall–Kier alpha value is -1.62. The highest BCUT2D eigenvalue weighted by Crippen LogP contribution is 2.46. The van der Waals surface area contributed by atoms with Crippen molar-refractivity contribution in [2.24, 2.45) is 11.3 Å². The fourth-order valence-corrected chi connectivity index (χ4v) is 3.15. The van der Waals surface area contributed by atoms with E-state index in [0.717, 1.165) is 15.7 Å². The maximum absolute atomic E-state index is 12.7. The molecule has 2 rings (SSSR count). The quantitative estimate of drug-likeness (QED) is 0.767. The zero-order valence-corrected chi connectivity index (χ0v) is 14.6. The average Bonchev–Trinajstić information content (AvgIpc) is 2.63. The maximum Gasteiger partial charge on any atom is 0.306 e. The van der Waals surface area contributed by atoms with Gasteiger partial charge >= 0.3 is 5.97 Å². The number of hydrogen-bond acceptors (Lipinski definition) is 3. The van der Waals surface area contributed by atoms with Gasteiger partial charge in [0.1, 0.15) is 0 Å². The van der Waals surface area contributed by atoms with Crippen LogP contribution < -0.4 is 0 Å². The van der Waals surface area contributed by atoms with Gasteiger partial charge < -0.3 is 9.64 Å². The molecule has 1 atom stereocenters. The smallest absolute Gasteiger partial charge is 0.306 e. The molecule has 5 heteroatoms. The number of carbonyl (C=O) groups is 2. The van der Waals surface area contributed by atoms with E-state index in [1.807, 2.05) is 38.1 Å². The molecule has 1 aromatic rings. The number of methoxy groups -OCH3 is 1. The predicted octanol–water partition coefficient (Wildman–Crippen LogP) is 3.51. The van der Waals surface area contributed by atoms with Crippen LogP contribution in [0.2, 0.25) is 0 Å². The summed E-state index contributed by atoms with van der Waals surface area (Å²) in [5, 5.41) is 0. The van der Waals surface area contributed by atoms with Crippen LogP contribution >= 0.6 is 15.9 Å². The maximum atomic E-state index is 12.7. The molecule has 0 radical (unpaired) electrons. The minimum atomic E-state index is -0.466. The molecule has 0 N–H and O–H groups in total. The highest BCUT2D eigenvalue weighted by molar-refractivity contribution is 9.10. The summed E-state index contributed by atoms with van der Waals surface area (Å²) in [6.45, 7) is 8.42. The summed E-state index contributed by atoms with van der Waals surface area (Å²) in [6, 6.07) is 7.76. The van der Waals surface area contributed by atoms with Gasteiger partial charge in [-0.05, 0) is 11.6 Å². The molecule has 1 saturated heterocycles. The van der Waals surface area contributed by atoms with E-state index in [4.69, 9.17) is 4.74 Å². The zero-order valence-electron chi connectivity index (χ0n) is 13.1. The van der Waals surface area contributed by atoms with Crippen LogP contribution in [0, 0.1) is 11.3 Å². The van der Waals surface area contributed by atoms with Crippen molar-refractivity contribution < 1.29 is 14.3 Å². The van der Waals surface area contributed by atoms with E-state index in [2.05, 4.69) is 22.5 Å². The second-order valence-corrected chi connectivity index (χ2v) is 6.87. The summed E-state index contributed by atoms with van der Waals surface area (Å²) >= 11 is 3.50. The molecule has 1 aliphatic rings. The van der Waals surface area contributed by atoms with Crippen molar-refractivity contribution >= 4 is 27.8 Å². The topological polar surface area (TPSA) is 46.6 Å². The van der Waals surface area contributed by atoms with Crippen molar-refractivity contribution in [3.8, 4) is 0 Å². The predicted molar refractivity (Wildman–Crippen MR) is 87.7 cm³/mol. The largest absolute Gasteiger partial charge is 0.469 e. The third-order valence-electron chi connectivity index (χ3n) is 4.39. The van der Waals surface area contributed by atoms with Crippen LogP contribution in [0.3, 0.4) is 0 Å². The number of amides is 1. The summed E-state index contributed by atoms with van der Waals surface area (Å²) in [5.74, 6) is -0.881. The molecule has 0 aromatic heterocycles. The van der Waals surface area contributed by atoms with Crippen LogP contribution in [0.1, 0.15) is 25.8 Å². The van der Waals surface area contributed by atoms with E-state index < -0.39 is 11.3 Å². The van der Waals surface area contributed by atoms with Crippen LogP contribution in [0.15, 0.2) is 41.0 Å². The molecule has 1 unspecified atom stereocenters. The van der Waals surface area contributed by atoms with Crippen molar-refractivity contribution in [1.29, 1.82) is 0 Å². The molecule has 0 aliphatic carbocycles. The fraction of sp³-hybridized carbons (Fsp3) is 0.412. The molecule has 118 valence electrons. The van der Waals surface area contributed by atoms with E-state index in [1.54, 1.807) is 4.90 Å². The molecule has 1 fully saturated rings. The van der Waals surface area contributed by atoms with Gasteiger partial charge in [0.15, 0.2) is 0 Å². The molecule has 1 aromatic carbocycles. The van der Waals surface area contributed by atoms with Gasteiger partial charge in [-0.15, -0.1) is 0 Å². The van der Waals surface area contributed by atoms with Crippen molar-refractivity contribution in [1.82, 2.24) is 4.90 Å². The summed E-state index contributed by atoms with van der Waals surface area (Å²) < 4.78 is 5.66. The van der Waals surface area contributed by atoms with Gasteiger partial charge in [-0.2, -0.15) is 0 Å². The number of esters is 1. The Balaban J connectivity index is 2.27. The Labute approximate surface area is 139 Å². The first-order valence-corrected chi connectivity index (χ1v) is 7.89. The Bertz CT molecular complexity index is 624. The molecule has 0 saturated carbocycles. The van der Waals surface area contributed by atoms with Crippen LogP contribution in [-0.2, 0) is 20.9 Å². The summed E-state index contributed by atoms with van der Waals surface area (Å²) in [6.07, 6.45) is 0.0772. The lowest BCUT2D eigenvalue weighted by Crippen LogP contribution is -2.28. The van der Waals surface area contributed by atoms with Gasteiger partial charge in [-0.1, -0.05) is 54.6 Å². The number of rotatable bonds is 4. The number of ether oxygens (including phenoxy) is 1. The second-order valence-electron chi connectivity index (χ2n) is 6.02. The Kier molecular flexibility index (Phi) is 4.75. The van der Waals surface area contributed by atoms with Crippen molar-refractivity contribution in [3.63, 3.8) is 0 Å².